The summed E-state index contributed by atoms with van der Waals surface area (Å²) in [5.41, 5.74) is 0.877. The Hall–Kier alpha value is -0.460. The minimum absolute atomic E-state index is 0.397. The molecule has 1 aromatic heterocycles. The Kier molecular flexibility index (Phi) is 2.59. The first-order valence-electron chi connectivity index (χ1n) is 4.50. The van der Waals surface area contributed by atoms with E-state index >= 15 is 0 Å². The molecule has 2 rings (SSSR count). The van der Waals surface area contributed by atoms with E-state index < -0.39 is 5.95 Å². The molecule has 0 unspecified atom stereocenters. The molecular formula is C9H11FIN3. The molecule has 0 amide bonds. The highest BCUT2D eigenvalue weighted by atomic mass is 127. The van der Waals surface area contributed by atoms with Crippen LogP contribution in [-0.4, -0.2) is 24.1 Å². The van der Waals surface area contributed by atoms with E-state index in [1.165, 1.54) is 0 Å². The fourth-order valence-electron chi connectivity index (χ4n) is 1.25. The maximum absolute atomic E-state index is 13.4. The fraction of sp³-hybridized carbons (Fsp3) is 0.556. The summed E-state index contributed by atoms with van der Waals surface area (Å²) in [5, 5.41) is 0. The molecule has 1 aromatic rings. The lowest BCUT2D eigenvalue weighted by atomic mass is 10.3. The standard InChI is InChI=1S/C9H11FIN3/c1-14(2)9-12-7(5-3-4-5)6(11)8(10)13-9/h5H,3-4H2,1-2H3. The summed E-state index contributed by atoms with van der Waals surface area (Å²) in [6.07, 6.45) is 2.25. The van der Waals surface area contributed by atoms with Gasteiger partial charge in [-0.05, 0) is 35.4 Å². The quantitative estimate of drug-likeness (QED) is 0.619. The third kappa shape index (κ3) is 1.82. The monoisotopic (exact) mass is 307 g/mol. The third-order valence-corrected chi connectivity index (χ3v) is 3.19. The zero-order valence-corrected chi connectivity index (χ0v) is 10.2. The van der Waals surface area contributed by atoms with Gasteiger partial charge in [-0.15, -0.1) is 0 Å². The molecule has 0 aliphatic heterocycles. The highest BCUT2D eigenvalue weighted by Crippen LogP contribution is 2.41. The molecule has 1 fully saturated rings. The molecular weight excluding hydrogens is 296 g/mol. The van der Waals surface area contributed by atoms with Crippen molar-refractivity contribution in [2.24, 2.45) is 0 Å². The predicted molar refractivity (Wildman–Crippen MR) is 61.0 cm³/mol. The van der Waals surface area contributed by atoms with Crippen LogP contribution < -0.4 is 4.90 Å². The molecule has 1 aliphatic carbocycles. The second-order valence-corrected chi connectivity index (χ2v) is 4.76. The zero-order valence-electron chi connectivity index (χ0n) is 8.09. The molecule has 3 nitrogen and oxygen atoms in total. The van der Waals surface area contributed by atoms with Gasteiger partial charge in [0.2, 0.25) is 11.9 Å². The molecule has 0 radical (unpaired) electrons. The number of aromatic nitrogens is 2. The molecule has 0 N–H and O–H groups in total. The van der Waals surface area contributed by atoms with Crippen LogP contribution in [0.4, 0.5) is 10.3 Å². The molecule has 1 saturated carbocycles. The Bertz CT molecular complexity index is 363. The molecule has 14 heavy (non-hydrogen) atoms. The Morgan fingerprint density at radius 3 is 2.50 bits per heavy atom. The molecule has 0 aromatic carbocycles. The van der Waals surface area contributed by atoms with Gasteiger partial charge in [-0.3, -0.25) is 0 Å². The van der Waals surface area contributed by atoms with Crippen LogP contribution in [0.25, 0.3) is 0 Å². The van der Waals surface area contributed by atoms with Gasteiger partial charge < -0.3 is 4.90 Å². The van der Waals surface area contributed by atoms with E-state index in [0.717, 1.165) is 18.5 Å². The zero-order chi connectivity index (χ0) is 10.3. The van der Waals surface area contributed by atoms with Gasteiger partial charge in [0.05, 0.1) is 9.26 Å². The van der Waals surface area contributed by atoms with Crippen molar-refractivity contribution in [1.29, 1.82) is 0 Å². The highest BCUT2D eigenvalue weighted by Gasteiger charge is 2.29. The molecule has 0 spiro atoms. The second kappa shape index (κ2) is 3.60. The van der Waals surface area contributed by atoms with Crippen LogP contribution in [0, 0.1) is 9.52 Å². The smallest absolute Gasteiger partial charge is 0.231 e. The summed E-state index contributed by atoms with van der Waals surface area (Å²) in [4.78, 5) is 9.87. The number of halogens is 2. The summed E-state index contributed by atoms with van der Waals surface area (Å²) >= 11 is 1.98. The normalized spacial score (nSPS) is 15.7. The molecule has 76 valence electrons. The molecule has 5 heteroatoms. The number of rotatable bonds is 2. The molecule has 0 saturated heterocycles. The topological polar surface area (TPSA) is 29.0 Å². The lowest BCUT2D eigenvalue weighted by Gasteiger charge is -2.12. The van der Waals surface area contributed by atoms with Crippen molar-refractivity contribution in [2.75, 3.05) is 19.0 Å². The van der Waals surface area contributed by atoms with Gasteiger partial charge in [-0.2, -0.15) is 9.37 Å². The van der Waals surface area contributed by atoms with Crippen LogP contribution >= 0.6 is 22.6 Å². The summed E-state index contributed by atoms with van der Waals surface area (Å²) < 4.78 is 14.0. The van der Waals surface area contributed by atoms with Crippen LogP contribution in [0.3, 0.4) is 0 Å². The van der Waals surface area contributed by atoms with Gasteiger partial charge in [0.25, 0.3) is 0 Å². The molecule has 1 aliphatic rings. The van der Waals surface area contributed by atoms with Gasteiger partial charge >= 0.3 is 0 Å². The van der Waals surface area contributed by atoms with E-state index in [2.05, 4.69) is 9.97 Å². The minimum atomic E-state index is -0.397. The summed E-state index contributed by atoms with van der Waals surface area (Å²) in [6.45, 7) is 0. The Morgan fingerprint density at radius 2 is 2.00 bits per heavy atom. The molecule has 0 bridgehead atoms. The van der Waals surface area contributed by atoms with E-state index in [1.54, 1.807) is 4.90 Å². The van der Waals surface area contributed by atoms with Gasteiger partial charge in [-0.1, -0.05) is 0 Å². The van der Waals surface area contributed by atoms with Gasteiger partial charge in [-0.25, -0.2) is 4.98 Å². The molecule has 1 heterocycles. The van der Waals surface area contributed by atoms with Crippen LogP contribution in [0.2, 0.25) is 0 Å². The summed E-state index contributed by atoms with van der Waals surface area (Å²) in [5.74, 6) is 0.522. The van der Waals surface area contributed by atoms with E-state index in [1.807, 2.05) is 36.7 Å². The first-order valence-corrected chi connectivity index (χ1v) is 5.57. The van der Waals surface area contributed by atoms with Gasteiger partial charge in [0.1, 0.15) is 0 Å². The lowest BCUT2D eigenvalue weighted by Crippen LogP contribution is -2.15. The SMILES string of the molecule is CN(C)c1nc(F)c(I)c(C2CC2)n1. The van der Waals surface area contributed by atoms with Gasteiger partial charge in [0, 0.05) is 20.0 Å². The maximum atomic E-state index is 13.4. The minimum Gasteiger partial charge on any atom is -0.347 e. The first kappa shape index (κ1) is 10.1. The third-order valence-electron chi connectivity index (χ3n) is 2.19. The highest BCUT2D eigenvalue weighted by molar-refractivity contribution is 14.1. The number of nitrogens with zero attached hydrogens (tertiary/aromatic N) is 3. The largest absolute Gasteiger partial charge is 0.347 e. The predicted octanol–water partition coefficient (Wildman–Crippen LogP) is 2.16. The Labute approximate surface area is 95.9 Å². The first-order chi connectivity index (χ1) is 6.59. The number of hydrogen-bond acceptors (Lipinski definition) is 3. The van der Waals surface area contributed by atoms with Crippen molar-refractivity contribution >= 4 is 28.5 Å². The summed E-state index contributed by atoms with van der Waals surface area (Å²) in [6, 6.07) is 0. The van der Waals surface area contributed by atoms with Crippen molar-refractivity contribution in [3.63, 3.8) is 0 Å². The van der Waals surface area contributed by atoms with Crippen molar-refractivity contribution in [2.45, 2.75) is 18.8 Å². The molecule has 0 atom stereocenters. The van der Waals surface area contributed by atoms with Crippen molar-refractivity contribution < 1.29 is 4.39 Å². The second-order valence-electron chi connectivity index (χ2n) is 3.68. The van der Waals surface area contributed by atoms with Crippen LogP contribution in [-0.2, 0) is 0 Å². The Morgan fingerprint density at radius 1 is 1.36 bits per heavy atom. The van der Waals surface area contributed by atoms with Crippen molar-refractivity contribution in [3.05, 3.63) is 15.2 Å². The van der Waals surface area contributed by atoms with E-state index in [0.29, 0.717) is 15.4 Å². The lowest BCUT2D eigenvalue weighted by molar-refractivity contribution is 0.566. The van der Waals surface area contributed by atoms with E-state index in [-0.39, 0.29) is 0 Å². The maximum Gasteiger partial charge on any atom is 0.231 e. The average molecular weight is 307 g/mol. The van der Waals surface area contributed by atoms with Crippen molar-refractivity contribution in [3.8, 4) is 0 Å². The van der Waals surface area contributed by atoms with Crippen LogP contribution in [0.5, 0.6) is 0 Å². The van der Waals surface area contributed by atoms with Crippen LogP contribution in [0.1, 0.15) is 24.5 Å². The van der Waals surface area contributed by atoms with Gasteiger partial charge in [0.15, 0.2) is 0 Å². The Balaban J connectivity index is 2.46. The number of anilines is 1. The number of hydrogen-bond donors (Lipinski definition) is 0. The fourth-order valence-corrected chi connectivity index (χ4v) is 1.93. The summed E-state index contributed by atoms with van der Waals surface area (Å²) in [7, 11) is 3.64. The van der Waals surface area contributed by atoms with E-state index in [9.17, 15) is 4.39 Å². The van der Waals surface area contributed by atoms with E-state index in [4.69, 9.17) is 0 Å². The average Bonchev–Trinajstić information content (AvgIpc) is 2.92. The van der Waals surface area contributed by atoms with Crippen molar-refractivity contribution in [1.82, 2.24) is 9.97 Å². The van der Waals surface area contributed by atoms with Crippen LogP contribution in [0.15, 0.2) is 0 Å².